The summed E-state index contributed by atoms with van der Waals surface area (Å²) in [5, 5.41) is 11.5. The standard InChI is InChI=1S/C14H18N2O3/c1-11(10-19-2)8-16-14(18)13-5-6-15-9-12(13)4-3-7-17/h5-6,9,11,17H,7-8,10H2,1-2H3,(H,16,18). The molecular formula is C14H18N2O3. The number of aliphatic hydroxyl groups is 1. The largest absolute Gasteiger partial charge is 0.384 e. The van der Waals surface area contributed by atoms with Gasteiger partial charge < -0.3 is 15.2 Å². The van der Waals surface area contributed by atoms with Gasteiger partial charge in [-0.1, -0.05) is 18.8 Å². The maximum atomic E-state index is 12.0. The lowest BCUT2D eigenvalue weighted by Crippen LogP contribution is -2.30. The van der Waals surface area contributed by atoms with Crippen LogP contribution in [0.15, 0.2) is 18.5 Å². The van der Waals surface area contributed by atoms with E-state index in [9.17, 15) is 4.79 Å². The Kier molecular flexibility index (Phi) is 6.58. The van der Waals surface area contributed by atoms with Crippen LogP contribution in [0, 0.1) is 17.8 Å². The number of ether oxygens (including phenoxy) is 1. The highest BCUT2D eigenvalue weighted by molar-refractivity contribution is 5.96. The zero-order valence-electron chi connectivity index (χ0n) is 11.1. The Morgan fingerprint density at radius 3 is 3.11 bits per heavy atom. The van der Waals surface area contributed by atoms with Gasteiger partial charge in [-0.25, -0.2) is 0 Å². The summed E-state index contributed by atoms with van der Waals surface area (Å²) in [5.74, 6) is 5.26. The first kappa shape index (κ1) is 15.2. The monoisotopic (exact) mass is 262 g/mol. The molecule has 0 aromatic carbocycles. The van der Waals surface area contributed by atoms with E-state index in [1.165, 1.54) is 12.4 Å². The molecule has 0 aliphatic carbocycles. The normalized spacial score (nSPS) is 11.3. The molecule has 5 nitrogen and oxygen atoms in total. The molecule has 5 heteroatoms. The van der Waals surface area contributed by atoms with Crippen molar-refractivity contribution < 1.29 is 14.6 Å². The van der Waals surface area contributed by atoms with Gasteiger partial charge in [-0.15, -0.1) is 0 Å². The first-order chi connectivity index (χ1) is 9.19. The van der Waals surface area contributed by atoms with Gasteiger partial charge in [0.1, 0.15) is 6.61 Å². The molecular weight excluding hydrogens is 244 g/mol. The molecule has 1 aromatic rings. The van der Waals surface area contributed by atoms with Gasteiger partial charge in [0, 0.05) is 26.0 Å². The minimum Gasteiger partial charge on any atom is -0.384 e. The fourth-order valence-corrected chi connectivity index (χ4v) is 1.53. The lowest BCUT2D eigenvalue weighted by atomic mass is 10.1. The number of amides is 1. The van der Waals surface area contributed by atoms with E-state index >= 15 is 0 Å². The number of nitrogens with zero attached hydrogens (tertiary/aromatic N) is 1. The summed E-state index contributed by atoms with van der Waals surface area (Å²) < 4.78 is 5.01. The highest BCUT2D eigenvalue weighted by atomic mass is 16.5. The molecule has 1 aromatic heterocycles. The van der Waals surface area contributed by atoms with Crippen LogP contribution in [0.4, 0.5) is 0 Å². The van der Waals surface area contributed by atoms with Crippen molar-refractivity contribution in [2.24, 2.45) is 5.92 Å². The van der Waals surface area contributed by atoms with Crippen LogP contribution in [0.1, 0.15) is 22.8 Å². The zero-order chi connectivity index (χ0) is 14.1. The van der Waals surface area contributed by atoms with Crippen molar-refractivity contribution in [3.8, 4) is 11.8 Å². The molecule has 1 atom stereocenters. The predicted octanol–water partition coefficient (Wildman–Crippen LogP) is 0.438. The number of rotatable bonds is 5. The first-order valence-corrected chi connectivity index (χ1v) is 6.00. The van der Waals surface area contributed by atoms with Gasteiger partial charge in [0.2, 0.25) is 0 Å². The fraction of sp³-hybridized carbons (Fsp3) is 0.429. The quantitative estimate of drug-likeness (QED) is 0.755. The Bertz CT molecular complexity index is 477. The van der Waals surface area contributed by atoms with E-state index in [4.69, 9.17) is 9.84 Å². The summed E-state index contributed by atoms with van der Waals surface area (Å²) in [6.07, 6.45) is 3.05. The van der Waals surface area contributed by atoms with E-state index < -0.39 is 0 Å². The number of hydrogen-bond donors (Lipinski definition) is 2. The SMILES string of the molecule is COCC(C)CNC(=O)c1ccncc1C#CCO. The fourth-order valence-electron chi connectivity index (χ4n) is 1.53. The molecule has 2 N–H and O–H groups in total. The third kappa shape index (κ3) is 5.08. The topological polar surface area (TPSA) is 71.5 Å². The molecule has 19 heavy (non-hydrogen) atoms. The van der Waals surface area contributed by atoms with Crippen LogP contribution in [-0.4, -0.2) is 42.9 Å². The predicted molar refractivity (Wildman–Crippen MR) is 71.6 cm³/mol. The second-order valence-corrected chi connectivity index (χ2v) is 4.15. The Balaban J connectivity index is 2.71. The number of carbonyl (C=O) groups is 1. The molecule has 0 aliphatic heterocycles. The summed E-state index contributed by atoms with van der Waals surface area (Å²) >= 11 is 0. The molecule has 0 saturated carbocycles. The van der Waals surface area contributed by atoms with Crippen molar-refractivity contribution in [2.75, 3.05) is 26.9 Å². The average molecular weight is 262 g/mol. The average Bonchev–Trinajstić information content (AvgIpc) is 2.43. The summed E-state index contributed by atoms with van der Waals surface area (Å²) in [5.41, 5.74) is 0.967. The van der Waals surface area contributed by atoms with Crippen LogP contribution in [-0.2, 0) is 4.74 Å². The van der Waals surface area contributed by atoms with Crippen molar-refractivity contribution in [1.82, 2.24) is 10.3 Å². The van der Waals surface area contributed by atoms with Crippen LogP contribution in [0.25, 0.3) is 0 Å². The first-order valence-electron chi connectivity index (χ1n) is 6.00. The van der Waals surface area contributed by atoms with Crippen molar-refractivity contribution in [3.63, 3.8) is 0 Å². The van der Waals surface area contributed by atoms with Gasteiger partial charge >= 0.3 is 0 Å². The second kappa shape index (κ2) is 8.25. The minimum absolute atomic E-state index is 0.201. The highest BCUT2D eigenvalue weighted by Gasteiger charge is 2.11. The number of hydrogen-bond acceptors (Lipinski definition) is 4. The van der Waals surface area contributed by atoms with Gasteiger partial charge in [0.05, 0.1) is 17.7 Å². The smallest absolute Gasteiger partial charge is 0.252 e. The van der Waals surface area contributed by atoms with E-state index in [1.54, 1.807) is 13.2 Å². The van der Waals surface area contributed by atoms with E-state index in [1.807, 2.05) is 6.92 Å². The Morgan fingerprint density at radius 2 is 2.42 bits per heavy atom. The molecule has 0 radical (unpaired) electrons. The summed E-state index contributed by atoms with van der Waals surface area (Å²) in [6.45, 7) is 2.86. The van der Waals surface area contributed by atoms with Gasteiger partial charge in [-0.3, -0.25) is 9.78 Å². The molecule has 0 bridgehead atoms. The maximum Gasteiger partial charge on any atom is 0.252 e. The number of methoxy groups -OCH3 is 1. The van der Waals surface area contributed by atoms with Gasteiger partial charge in [0.25, 0.3) is 5.91 Å². The lowest BCUT2D eigenvalue weighted by Gasteiger charge is -2.12. The van der Waals surface area contributed by atoms with Crippen LogP contribution in [0.2, 0.25) is 0 Å². The summed E-state index contributed by atoms with van der Waals surface area (Å²) in [6, 6.07) is 1.61. The second-order valence-electron chi connectivity index (χ2n) is 4.15. The Labute approximate surface area is 113 Å². The number of carbonyl (C=O) groups excluding carboxylic acids is 1. The van der Waals surface area contributed by atoms with Crippen molar-refractivity contribution in [1.29, 1.82) is 0 Å². The van der Waals surface area contributed by atoms with Crippen molar-refractivity contribution >= 4 is 5.91 Å². The molecule has 1 rings (SSSR count). The molecule has 0 aliphatic rings. The molecule has 0 saturated heterocycles. The van der Waals surface area contributed by atoms with Crippen LogP contribution < -0.4 is 5.32 Å². The molecule has 0 spiro atoms. The minimum atomic E-state index is -0.249. The van der Waals surface area contributed by atoms with E-state index in [-0.39, 0.29) is 18.4 Å². The van der Waals surface area contributed by atoms with Crippen LogP contribution in [0.3, 0.4) is 0 Å². The third-order valence-corrected chi connectivity index (χ3v) is 2.43. The molecule has 102 valence electrons. The maximum absolute atomic E-state index is 12.0. The van der Waals surface area contributed by atoms with Crippen LogP contribution >= 0.6 is 0 Å². The molecule has 0 fully saturated rings. The van der Waals surface area contributed by atoms with Gasteiger partial charge in [0.15, 0.2) is 0 Å². The number of pyridine rings is 1. The highest BCUT2D eigenvalue weighted by Crippen LogP contribution is 2.05. The van der Waals surface area contributed by atoms with E-state index in [2.05, 4.69) is 22.1 Å². The number of aliphatic hydroxyl groups excluding tert-OH is 1. The Hall–Kier alpha value is -1.90. The zero-order valence-corrected chi connectivity index (χ0v) is 11.1. The van der Waals surface area contributed by atoms with Gasteiger partial charge in [-0.05, 0) is 12.0 Å². The molecule has 1 unspecified atom stereocenters. The van der Waals surface area contributed by atoms with Crippen molar-refractivity contribution in [2.45, 2.75) is 6.92 Å². The number of aromatic nitrogens is 1. The molecule has 1 amide bonds. The van der Waals surface area contributed by atoms with Crippen molar-refractivity contribution in [3.05, 3.63) is 29.6 Å². The molecule has 1 heterocycles. The van der Waals surface area contributed by atoms with E-state index in [0.717, 1.165) is 0 Å². The Morgan fingerprint density at radius 1 is 1.63 bits per heavy atom. The number of nitrogens with one attached hydrogen (secondary N) is 1. The summed E-state index contributed by atoms with van der Waals surface area (Å²) in [4.78, 5) is 15.9. The third-order valence-electron chi connectivity index (χ3n) is 2.43. The van der Waals surface area contributed by atoms with Crippen LogP contribution in [0.5, 0.6) is 0 Å². The summed E-state index contributed by atoms with van der Waals surface area (Å²) in [7, 11) is 1.63. The van der Waals surface area contributed by atoms with E-state index in [0.29, 0.717) is 24.3 Å². The lowest BCUT2D eigenvalue weighted by molar-refractivity contribution is 0.0933. The van der Waals surface area contributed by atoms with Gasteiger partial charge in [-0.2, -0.15) is 0 Å².